The van der Waals surface area contributed by atoms with Crippen LogP contribution in [0.1, 0.15) is 0 Å². The number of rotatable bonds is 2. The van der Waals surface area contributed by atoms with Crippen molar-refractivity contribution in [2.75, 3.05) is 0 Å². The first-order valence-electron chi connectivity index (χ1n) is 5.17. The van der Waals surface area contributed by atoms with Crippen LogP contribution in [0.4, 0.5) is 0 Å². The fraction of sp³-hybridized carbons (Fsp3) is 0. The summed E-state index contributed by atoms with van der Waals surface area (Å²) in [5.41, 5.74) is -0.494. The molecule has 0 fully saturated rings. The molecule has 0 aliphatic heterocycles. The Bertz CT molecular complexity index is 803. The van der Waals surface area contributed by atoms with Crippen LogP contribution < -0.4 is 11.2 Å². The number of aromatic nitrogens is 4. The van der Waals surface area contributed by atoms with Gasteiger partial charge in [-0.25, -0.2) is 9.78 Å². The number of aromatic amines is 3. The van der Waals surface area contributed by atoms with Crippen LogP contribution in [0.15, 0.2) is 50.0 Å². The predicted octanol–water partition coefficient (Wildman–Crippen LogP) is 1.09. The number of hydrogen-bond donors (Lipinski definition) is 3. The molecule has 6 nitrogen and oxygen atoms in total. The van der Waals surface area contributed by atoms with E-state index in [1.165, 1.54) is 11.8 Å². The molecular formula is C11H8N4O2S. The summed E-state index contributed by atoms with van der Waals surface area (Å²) in [7, 11) is 0. The van der Waals surface area contributed by atoms with E-state index in [1.807, 2.05) is 30.3 Å². The molecule has 3 rings (SSSR count). The lowest BCUT2D eigenvalue weighted by atomic mass is 10.4. The van der Waals surface area contributed by atoms with E-state index < -0.39 is 11.2 Å². The molecule has 2 heterocycles. The summed E-state index contributed by atoms with van der Waals surface area (Å²) in [6, 6.07) is 9.62. The number of hydrogen-bond acceptors (Lipinski definition) is 4. The van der Waals surface area contributed by atoms with Gasteiger partial charge in [0.1, 0.15) is 5.52 Å². The van der Waals surface area contributed by atoms with Gasteiger partial charge < -0.3 is 4.98 Å². The third-order valence-corrected chi connectivity index (χ3v) is 3.22. The zero-order chi connectivity index (χ0) is 12.5. The van der Waals surface area contributed by atoms with Gasteiger partial charge in [-0.2, -0.15) is 0 Å². The summed E-state index contributed by atoms with van der Waals surface area (Å²) in [4.78, 5) is 35.3. The second kappa shape index (κ2) is 4.19. The van der Waals surface area contributed by atoms with Crippen LogP contribution in [-0.4, -0.2) is 19.9 Å². The van der Waals surface area contributed by atoms with Crippen molar-refractivity contribution in [1.29, 1.82) is 0 Å². The Morgan fingerprint density at radius 3 is 2.56 bits per heavy atom. The standard InChI is InChI=1S/C11H8N4O2S/c16-9-7-8(13-10(17)15-9)14-11(12-7)18-6-4-2-1-3-5-6/h1-5H,(H3,12,13,14,15,16,17). The highest BCUT2D eigenvalue weighted by atomic mass is 32.2. The zero-order valence-corrected chi connectivity index (χ0v) is 9.88. The highest BCUT2D eigenvalue weighted by Gasteiger charge is 2.08. The van der Waals surface area contributed by atoms with Crippen molar-refractivity contribution in [3.8, 4) is 0 Å². The molecule has 0 bridgehead atoms. The molecule has 90 valence electrons. The molecule has 0 spiro atoms. The van der Waals surface area contributed by atoms with Crippen LogP contribution in [0.2, 0.25) is 0 Å². The molecule has 3 aromatic rings. The van der Waals surface area contributed by atoms with Crippen LogP contribution >= 0.6 is 11.8 Å². The third kappa shape index (κ3) is 1.95. The summed E-state index contributed by atoms with van der Waals surface area (Å²) < 4.78 is 0. The smallest absolute Gasteiger partial charge is 0.327 e. The minimum absolute atomic E-state index is 0.266. The van der Waals surface area contributed by atoms with Crippen molar-refractivity contribution >= 4 is 22.9 Å². The number of nitrogens with zero attached hydrogens (tertiary/aromatic N) is 1. The molecule has 0 atom stereocenters. The maximum absolute atomic E-state index is 11.5. The van der Waals surface area contributed by atoms with Gasteiger partial charge in [0.05, 0.1) is 0 Å². The number of H-pyrrole nitrogens is 3. The van der Waals surface area contributed by atoms with E-state index in [1.54, 1.807) is 0 Å². The van der Waals surface area contributed by atoms with Crippen LogP contribution in [0.5, 0.6) is 0 Å². The molecule has 0 radical (unpaired) electrons. The highest BCUT2D eigenvalue weighted by molar-refractivity contribution is 7.99. The van der Waals surface area contributed by atoms with Gasteiger partial charge in [0, 0.05) is 4.90 Å². The molecule has 2 aromatic heterocycles. The fourth-order valence-corrected chi connectivity index (χ4v) is 2.37. The predicted molar refractivity (Wildman–Crippen MR) is 67.9 cm³/mol. The Morgan fingerprint density at radius 1 is 1.00 bits per heavy atom. The van der Waals surface area contributed by atoms with Gasteiger partial charge >= 0.3 is 5.69 Å². The average molecular weight is 260 g/mol. The van der Waals surface area contributed by atoms with E-state index in [2.05, 4.69) is 19.9 Å². The van der Waals surface area contributed by atoms with Gasteiger partial charge in [-0.1, -0.05) is 30.0 Å². The second-order valence-electron chi connectivity index (χ2n) is 3.59. The first-order valence-corrected chi connectivity index (χ1v) is 5.99. The first-order chi connectivity index (χ1) is 8.72. The van der Waals surface area contributed by atoms with Gasteiger partial charge in [0.2, 0.25) is 0 Å². The van der Waals surface area contributed by atoms with E-state index >= 15 is 0 Å². The Labute approximate surface area is 104 Å². The maximum Gasteiger partial charge on any atom is 0.327 e. The van der Waals surface area contributed by atoms with E-state index in [4.69, 9.17) is 0 Å². The van der Waals surface area contributed by atoms with Gasteiger partial charge in [-0.15, -0.1) is 0 Å². The SMILES string of the molecule is O=c1[nH]c(=O)c2[nH]c(Sc3ccccc3)nc2[nH]1. The van der Waals surface area contributed by atoms with Crippen LogP contribution in [0, 0.1) is 0 Å². The van der Waals surface area contributed by atoms with Gasteiger partial charge in [-0.05, 0) is 12.1 Å². The topological polar surface area (TPSA) is 94.4 Å². The molecule has 0 aliphatic rings. The van der Waals surface area contributed by atoms with Crippen molar-refractivity contribution in [2.45, 2.75) is 10.1 Å². The van der Waals surface area contributed by atoms with Crippen LogP contribution in [0.25, 0.3) is 11.2 Å². The van der Waals surface area contributed by atoms with Crippen molar-refractivity contribution in [1.82, 2.24) is 19.9 Å². The van der Waals surface area contributed by atoms with Gasteiger partial charge in [0.25, 0.3) is 5.56 Å². The minimum atomic E-state index is -0.560. The lowest BCUT2D eigenvalue weighted by Gasteiger charge is -1.94. The average Bonchev–Trinajstić information content (AvgIpc) is 2.73. The number of imidazole rings is 1. The summed E-state index contributed by atoms with van der Waals surface area (Å²) >= 11 is 1.39. The molecule has 0 amide bonds. The quantitative estimate of drug-likeness (QED) is 0.643. The molecule has 1 aromatic carbocycles. The molecule has 0 unspecified atom stereocenters. The van der Waals surface area contributed by atoms with E-state index in [0.717, 1.165) is 4.90 Å². The van der Waals surface area contributed by atoms with Crippen molar-refractivity contribution in [3.63, 3.8) is 0 Å². The Kier molecular flexibility index (Phi) is 2.52. The van der Waals surface area contributed by atoms with Crippen LogP contribution in [-0.2, 0) is 0 Å². The molecule has 7 heteroatoms. The molecule has 0 saturated heterocycles. The normalized spacial score (nSPS) is 10.9. The molecule has 0 saturated carbocycles. The first kappa shape index (κ1) is 10.8. The Hall–Kier alpha value is -2.28. The molecule has 0 aliphatic carbocycles. The van der Waals surface area contributed by atoms with E-state index in [-0.39, 0.29) is 11.2 Å². The fourth-order valence-electron chi connectivity index (χ4n) is 1.56. The lowest BCUT2D eigenvalue weighted by molar-refractivity contribution is 1.06. The number of fused-ring (bicyclic) bond motifs is 1. The highest BCUT2D eigenvalue weighted by Crippen LogP contribution is 2.25. The maximum atomic E-state index is 11.5. The zero-order valence-electron chi connectivity index (χ0n) is 9.06. The number of benzene rings is 1. The summed E-state index contributed by atoms with van der Waals surface area (Å²) in [5, 5.41) is 0.559. The van der Waals surface area contributed by atoms with Crippen molar-refractivity contribution in [3.05, 3.63) is 51.2 Å². The van der Waals surface area contributed by atoms with Gasteiger partial charge in [-0.3, -0.25) is 14.8 Å². The summed E-state index contributed by atoms with van der Waals surface area (Å²) in [6.07, 6.45) is 0. The Morgan fingerprint density at radius 2 is 1.78 bits per heavy atom. The Balaban J connectivity index is 2.07. The van der Waals surface area contributed by atoms with E-state index in [0.29, 0.717) is 5.16 Å². The van der Waals surface area contributed by atoms with Gasteiger partial charge in [0.15, 0.2) is 10.8 Å². The van der Waals surface area contributed by atoms with Crippen LogP contribution in [0.3, 0.4) is 0 Å². The van der Waals surface area contributed by atoms with E-state index in [9.17, 15) is 9.59 Å². The summed E-state index contributed by atoms with van der Waals surface area (Å²) in [5.74, 6) is 0. The largest absolute Gasteiger partial charge is 0.327 e. The second-order valence-corrected chi connectivity index (χ2v) is 4.65. The van der Waals surface area contributed by atoms with Crippen molar-refractivity contribution < 1.29 is 0 Å². The monoisotopic (exact) mass is 260 g/mol. The summed E-state index contributed by atoms with van der Waals surface area (Å²) in [6.45, 7) is 0. The lowest BCUT2D eigenvalue weighted by Crippen LogP contribution is -2.21. The van der Waals surface area contributed by atoms with Crippen molar-refractivity contribution in [2.24, 2.45) is 0 Å². The third-order valence-electron chi connectivity index (χ3n) is 2.33. The molecule has 3 N–H and O–H groups in total. The molecule has 18 heavy (non-hydrogen) atoms. The minimum Gasteiger partial charge on any atom is -0.327 e. The number of nitrogens with one attached hydrogen (secondary N) is 3. The molecular weight excluding hydrogens is 252 g/mol.